The number of amidine groups is 1. The number of rotatable bonds is 3. The molecule has 1 aromatic carbocycles. The number of nitrogen functional groups attached to an aromatic ring is 1. The normalized spacial score (nSPS) is 9.54. The minimum Gasteiger partial charge on any atom is -0.481 e. The van der Waals surface area contributed by atoms with Gasteiger partial charge in [0.25, 0.3) is 0 Å². The molecule has 0 spiro atoms. The highest BCUT2D eigenvalue weighted by Crippen LogP contribution is 2.08. The molecule has 0 unspecified atom stereocenters. The highest BCUT2D eigenvalue weighted by Gasteiger charge is 2.07. The molecule has 0 amide bonds. The molecule has 4 heteroatoms. The lowest BCUT2D eigenvalue weighted by molar-refractivity contribution is -0.136. The van der Waals surface area contributed by atoms with Crippen LogP contribution in [0.4, 0.5) is 0 Å². The van der Waals surface area contributed by atoms with Gasteiger partial charge in [0.1, 0.15) is 5.84 Å². The maximum atomic E-state index is 10.4. The maximum Gasteiger partial charge on any atom is 0.307 e. The third kappa shape index (κ3) is 2.30. The van der Waals surface area contributed by atoms with Crippen LogP contribution >= 0.6 is 0 Å². The summed E-state index contributed by atoms with van der Waals surface area (Å²) < 4.78 is 0. The molecule has 0 fully saturated rings. The summed E-state index contributed by atoms with van der Waals surface area (Å²) in [6, 6.07) is 6.75. The smallest absolute Gasteiger partial charge is 0.307 e. The third-order valence-corrected chi connectivity index (χ3v) is 1.65. The fourth-order valence-corrected chi connectivity index (χ4v) is 1.10. The molecule has 0 aliphatic heterocycles. The largest absolute Gasteiger partial charge is 0.481 e. The number of carboxylic acids is 1. The second-order valence-electron chi connectivity index (χ2n) is 2.64. The standard InChI is InChI=1S/C9H10N2O2/c10-9(11)7-4-2-1-3-6(7)5-8(12)13/h1-4H,5H2,(H3,10,11)(H,12,13). The van der Waals surface area contributed by atoms with Crippen molar-refractivity contribution < 1.29 is 9.90 Å². The molecule has 0 atom stereocenters. The maximum absolute atomic E-state index is 10.4. The Balaban J connectivity index is 3.04. The van der Waals surface area contributed by atoms with Crippen molar-refractivity contribution in [2.45, 2.75) is 6.42 Å². The summed E-state index contributed by atoms with van der Waals surface area (Å²) >= 11 is 0. The average molecular weight is 178 g/mol. The van der Waals surface area contributed by atoms with Crippen molar-refractivity contribution in [1.82, 2.24) is 0 Å². The molecule has 1 rings (SSSR count). The monoisotopic (exact) mass is 178 g/mol. The van der Waals surface area contributed by atoms with Crippen molar-refractivity contribution in [3.8, 4) is 0 Å². The van der Waals surface area contributed by atoms with Gasteiger partial charge in [0, 0.05) is 5.56 Å². The topological polar surface area (TPSA) is 87.2 Å². The summed E-state index contributed by atoms with van der Waals surface area (Å²) in [6.07, 6.45) is -0.101. The highest BCUT2D eigenvalue weighted by atomic mass is 16.4. The van der Waals surface area contributed by atoms with Crippen LogP contribution in [0.5, 0.6) is 0 Å². The summed E-state index contributed by atoms with van der Waals surface area (Å²) in [5.41, 5.74) is 6.34. The first-order valence-corrected chi connectivity index (χ1v) is 3.75. The van der Waals surface area contributed by atoms with E-state index < -0.39 is 5.97 Å². The predicted molar refractivity (Wildman–Crippen MR) is 48.8 cm³/mol. The van der Waals surface area contributed by atoms with E-state index in [1.165, 1.54) is 0 Å². The Morgan fingerprint density at radius 1 is 1.46 bits per heavy atom. The molecule has 0 saturated carbocycles. The van der Waals surface area contributed by atoms with Gasteiger partial charge in [-0.05, 0) is 5.56 Å². The molecule has 68 valence electrons. The van der Waals surface area contributed by atoms with E-state index in [9.17, 15) is 4.79 Å². The number of nitrogens with two attached hydrogens (primary N) is 1. The van der Waals surface area contributed by atoms with Gasteiger partial charge in [0.2, 0.25) is 0 Å². The Kier molecular flexibility index (Phi) is 2.64. The number of aliphatic carboxylic acids is 1. The van der Waals surface area contributed by atoms with E-state index in [0.717, 1.165) is 0 Å². The van der Waals surface area contributed by atoms with Gasteiger partial charge in [-0.2, -0.15) is 0 Å². The van der Waals surface area contributed by atoms with Crippen molar-refractivity contribution in [1.29, 1.82) is 5.41 Å². The summed E-state index contributed by atoms with van der Waals surface area (Å²) in [5.74, 6) is -1.02. The summed E-state index contributed by atoms with van der Waals surface area (Å²) in [4.78, 5) is 10.4. The Morgan fingerprint density at radius 2 is 2.08 bits per heavy atom. The molecule has 0 radical (unpaired) electrons. The van der Waals surface area contributed by atoms with E-state index in [4.69, 9.17) is 16.2 Å². The minimum atomic E-state index is -0.922. The van der Waals surface area contributed by atoms with E-state index in [1.807, 2.05) is 0 Å². The van der Waals surface area contributed by atoms with Crippen LogP contribution in [0.2, 0.25) is 0 Å². The van der Waals surface area contributed by atoms with Crippen LogP contribution in [0.3, 0.4) is 0 Å². The second-order valence-corrected chi connectivity index (χ2v) is 2.64. The molecule has 0 aromatic heterocycles. The van der Waals surface area contributed by atoms with Gasteiger partial charge < -0.3 is 10.8 Å². The van der Waals surface area contributed by atoms with Crippen molar-refractivity contribution in [3.05, 3.63) is 35.4 Å². The van der Waals surface area contributed by atoms with Crippen molar-refractivity contribution >= 4 is 11.8 Å². The number of hydrogen-bond donors (Lipinski definition) is 3. The lowest BCUT2D eigenvalue weighted by Crippen LogP contribution is -2.15. The van der Waals surface area contributed by atoms with E-state index in [2.05, 4.69) is 0 Å². The molecule has 4 N–H and O–H groups in total. The highest BCUT2D eigenvalue weighted by molar-refractivity contribution is 5.97. The fraction of sp³-hybridized carbons (Fsp3) is 0.111. The van der Waals surface area contributed by atoms with E-state index in [-0.39, 0.29) is 12.3 Å². The van der Waals surface area contributed by atoms with Gasteiger partial charge in [0.05, 0.1) is 6.42 Å². The first kappa shape index (κ1) is 9.25. The van der Waals surface area contributed by atoms with E-state index >= 15 is 0 Å². The Labute approximate surface area is 75.5 Å². The van der Waals surface area contributed by atoms with Crippen LogP contribution in [0.25, 0.3) is 0 Å². The summed E-state index contributed by atoms with van der Waals surface area (Å²) in [5, 5.41) is 15.8. The van der Waals surface area contributed by atoms with Crippen molar-refractivity contribution in [2.24, 2.45) is 5.73 Å². The molecule has 0 aliphatic carbocycles. The van der Waals surface area contributed by atoms with Gasteiger partial charge >= 0.3 is 5.97 Å². The lowest BCUT2D eigenvalue weighted by Gasteiger charge is -2.04. The Hall–Kier alpha value is -1.84. The number of hydrogen-bond acceptors (Lipinski definition) is 2. The van der Waals surface area contributed by atoms with Gasteiger partial charge in [-0.1, -0.05) is 24.3 Å². The van der Waals surface area contributed by atoms with Crippen LogP contribution in [-0.4, -0.2) is 16.9 Å². The second kappa shape index (κ2) is 3.71. The number of carboxylic acid groups (broad SMARTS) is 1. The van der Waals surface area contributed by atoms with E-state index in [1.54, 1.807) is 24.3 Å². The van der Waals surface area contributed by atoms with Crippen LogP contribution in [-0.2, 0) is 11.2 Å². The molecule has 0 bridgehead atoms. The molecule has 4 nitrogen and oxygen atoms in total. The molecular weight excluding hydrogens is 168 g/mol. The number of benzene rings is 1. The molecule has 0 aliphatic rings. The van der Waals surface area contributed by atoms with Crippen LogP contribution in [0, 0.1) is 5.41 Å². The zero-order chi connectivity index (χ0) is 9.84. The Bertz CT molecular complexity index is 347. The van der Waals surface area contributed by atoms with Crippen LogP contribution in [0.1, 0.15) is 11.1 Å². The summed E-state index contributed by atoms with van der Waals surface area (Å²) in [7, 11) is 0. The van der Waals surface area contributed by atoms with Gasteiger partial charge in [-0.25, -0.2) is 0 Å². The first-order valence-electron chi connectivity index (χ1n) is 3.75. The van der Waals surface area contributed by atoms with Crippen LogP contribution in [0.15, 0.2) is 24.3 Å². The SMILES string of the molecule is N=C(N)c1ccccc1CC(=O)O. The first-order chi connectivity index (χ1) is 6.11. The van der Waals surface area contributed by atoms with Gasteiger partial charge in [-0.15, -0.1) is 0 Å². The predicted octanol–water partition coefficient (Wildman–Crippen LogP) is 0.598. The van der Waals surface area contributed by atoms with Crippen molar-refractivity contribution in [2.75, 3.05) is 0 Å². The lowest BCUT2D eigenvalue weighted by atomic mass is 10.0. The van der Waals surface area contributed by atoms with Gasteiger partial charge in [0.15, 0.2) is 0 Å². The van der Waals surface area contributed by atoms with Crippen LogP contribution < -0.4 is 5.73 Å². The average Bonchev–Trinajstić information content (AvgIpc) is 2.03. The third-order valence-electron chi connectivity index (χ3n) is 1.65. The molecular formula is C9H10N2O2. The zero-order valence-corrected chi connectivity index (χ0v) is 6.95. The van der Waals surface area contributed by atoms with E-state index in [0.29, 0.717) is 11.1 Å². The molecule has 1 aromatic rings. The Morgan fingerprint density at radius 3 is 2.62 bits per heavy atom. The number of carbonyl (C=O) groups is 1. The zero-order valence-electron chi connectivity index (χ0n) is 6.95. The quantitative estimate of drug-likeness (QED) is 0.467. The molecule has 0 saturated heterocycles. The molecule has 13 heavy (non-hydrogen) atoms. The fourth-order valence-electron chi connectivity index (χ4n) is 1.10. The summed E-state index contributed by atoms with van der Waals surface area (Å²) in [6.45, 7) is 0. The molecule has 0 heterocycles. The minimum absolute atomic E-state index is 0.100. The van der Waals surface area contributed by atoms with Crippen molar-refractivity contribution in [3.63, 3.8) is 0 Å². The van der Waals surface area contributed by atoms with Gasteiger partial charge in [-0.3, -0.25) is 10.2 Å². The number of nitrogens with one attached hydrogen (secondary N) is 1.